The first-order valence-corrected chi connectivity index (χ1v) is 7.05. The van der Waals surface area contributed by atoms with E-state index in [-0.39, 0.29) is 0 Å². The van der Waals surface area contributed by atoms with Crippen molar-refractivity contribution in [2.75, 3.05) is 13.7 Å². The summed E-state index contributed by atoms with van der Waals surface area (Å²) >= 11 is 12.0. The Labute approximate surface area is 119 Å². The number of rotatable bonds is 7. The lowest BCUT2D eigenvalue weighted by atomic mass is 10.1. The van der Waals surface area contributed by atoms with Crippen LogP contribution in [0.5, 0.6) is 11.5 Å². The van der Waals surface area contributed by atoms with E-state index in [4.69, 9.17) is 32.7 Å². The molecule has 2 nitrogen and oxygen atoms in total. The van der Waals surface area contributed by atoms with Gasteiger partial charge in [-0.25, -0.2) is 0 Å². The van der Waals surface area contributed by atoms with E-state index in [9.17, 15) is 0 Å². The third kappa shape index (κ3) is 4.58. The van der Waals surface area contributed by atoms with Crippen LogP contribution in [-0.2, 0) is 5.88 Å². The third-order valence-corrected chi connectivity index (χ3v) is 3.21. The molecule has 18 heavy (non-hydrogen) atoms. The Bertz CT molecular complexity index is 378. The Morgan fingerprint density at radius 2 is 2.00 bits per heavy atom. The molecule has 0 bridgehead atoms. The molecule has 0 radical (unpaired) electrons. The van der Waals surface area contributed by atoms with Crippen LogP contribution in [0.2, 0.25) is 5.02 Å². The maximum absolute atomic E-state index is 6.17. The van der Waals surface area contributed by atoms with Crippen molar-refractivity contribution in [3.63, 3.8) is 0 Å². The van der Waals surface area contributed by atoms with Crippen molar-refractivity contribution in [3.8, 4) is 11.5 Å². The minimum absolute atomic E-state index is 0.406. The Hall–Kier alpha value is -0.600. The first-order valence-electron chi connectivity index (χ1n) is 6.13. The van der Waals surface area contributed by atoms with Crippen LogP contribution in [0.15, 0.2) is 12.1 Å². The Morgan fingerprint density at radius 3 is 2.56 bits per heavy atom. The van der Waals surface area contributed by atoms with Gasteiger partial charge in [-0.3, -0.25) is 0 Å². The maximum atomic E-state index is 6.17. The van der Waals surface area contributed by atoms with Crippen molar-refractivity contribution in [1.82, 2.24) is 0 Å². The van der Waals surface area contributed by atoms with Gasteiger partial charge in [0.05, 0.1) is 18.7 Å². The zero-order valence-electron chi connectivity index (χ0n) is 11.1. The Kier molecular flexibility index (Phi) is 6.66. The summed E-state index contributed by atoms with van der Waals surface area (Å²) in [5, 5.41) is 0.551. The van der Waals surface area contributed by atoms with Crippen molar-refractivity contribution in [2.45, 2.75) is 32.6 Å². The quantitative estimate of drug-likeness (QED) is 0.525. The average molecular weight is 291 g/mol. The first-order chi connectivity index (χ1) is 8.58. The van der Waals surface area contributed by atoms with Crippen molar-refractivity contribution in [3.05, 3.63) is 22.7 Å². The van der Waals surface area contributed by atoms with Gasteiger partial charge in [0.1, 0.15) is 0 Å². The molecule has 0 N–H and O–H groups in total. The number of alkyl halides is 1. The van der Waals surface area contributed by atoms with Crippen LogP contribution in [-0.4, -0.2) is 13.7 Å². The van der Waals surface area contributed by atoms with Gasteiger partial charge in [-0.1, -0.05) is 25.4 Å². The first kappa shape index (κ1) is 15.5. The van der Waals surface area contributed by atoms with E-state index in [1.807, 2.05) is 12.1 Å². The molecule has 0 aliphatic heterocycles. The number of hydrogen-bond donors (Lipinski definition) is 0. The van der Waals surface area contributed by atoms with Gasteiger partial charge < -0.3 is 9.47 Å². The molecule has 0 unspecified atom stereocenters. The van der Waals surface area contributed by atoms with Gasteiger partial charge in [-0.2, -0.15) is 0 Å². The lowest BCUT2D eigenvalue weighted by molar-refractivity contribution is 0.280. The summed E-state index contributed by atoms with van der Waals surface area (Å²) in [7, 11) is 1.60. The van der Waals surface area contributed by atoms with Gasteiger partial charge in [0.25, 0.3) is 0 Å². The highest BCUT2D eigenvalue weighted by atomic mass is 35.5. The Morgan fingerprint density at radius 1 is 1.28 bits per heavy atom. The van der Waals surface area contributed by atoms with E-state index in [2.05, 4.69) is 13.8 Å². The molecule has 0 heterocycles. The number of ether oxygens (including phenoxy) is 2. The third-order valence-electron chi connectivity index (χ3n) is 2.62. The molecule has 102 valence electrons. The van der Waals surface area contributed by atoms with Crippen molar-refractivity contribution in [2.24, 2.45) is 5.92 Å². The van der Waals surface area contributed by atoms with E-state index in [1.54, 1.807) is 7.11 Å². The predicted octanol–water partition coefficient (Wildman–Crippen LogP) is 4.90. The summed E-state index contributed by atoms with van der Waals surface area (Å²) in [4.78, 5) is 0. The molecule has 0 aliphatic carbocycles. The molecule has 0 atom stereocenters. The van der Waals surface area contributed by atoms with E-state index >= 15 is 0 Å². The molecule has 1 aromatic carbocycles. The number of benzene rings is 1. The summed E-state index contributed by atoms with van der Waals surface area (Å²) in [6.07, 6.45) is 2.15. The number of methoxy groups -OCH3 is 1. The predicted molar refractivity (Wildman–Crippen MR) is 77.1 cm³/mol. The summed E-state index contributed by atoms with van der Waals surface area (Å²) < 4.78 is 11.0. The number of hydrogen-bond acceptors (Lipinski definition) is 2. The minimum Gasteiger partial charge on any atom is -0.493 e. The van der Waals surface area contributed by atoms with E-state index < -0.39 is 0 Å². The Balaban J connectivity index is 2.69. The molecule has 1 rings (SSSR count). The molecule has 0 saturated heterocycles. The van der Waals surface area contributed by atoms with Crippen molar-refractivity contribution >= 4 is 23.2 Å². The molecule has 1 aromatic rings. The minimum atomic E-state index is 0.406. The molecule has 0 amide bonds. The summed E-state index contributed by atoms with van der Waals surface area (Å²) in [6.45, 7) is 5.04. The van der Waals surface area contributed by atoms with Gasteiger partial charge in [0, 0.05) is 5.88 Å². The molecule has 0 aliphatic rings. The molecule has 0 aromatic heterocycles. The molecular formula is C14H20Cl2O2. The molecule has 0 saturated carbocycles. The van der Waals surface area contributed by atoms with Gasteiger partial charge in [0.15, 0.2) is 11.5 Å². The zero-order valence-corrected chi connectivity index (χ0v) is 12.6. The standard InChI is InChI=1S/C14H20Cl2O2/c1-10(2)5-4-6-18-14-12(16)7-11(9-15)8-13(14)17-3/h7-8,10H,4-6,9H2,1-3H3. The average Bonchev–Trinajstić information content (AvgIpc) is 2.34. The van der Waals surface area contributed by atoms with Gasteiger partial charge in [-0.15, -0.1) is 11.6 Å². The summed E-state index contributed by atoms with van der Waals surface area (Å²) in [5.74, 6) is 2.34. The van der Waals surface area contributed by atoms with E-state index in [0.717, 1.165) is 18.4 Å². The fourth-order valence-corrected chi connectivity index (χ4v) is 2.10. The van der Waals surface area contributed by atoms with Crippen molar-refractivity contribution < 1.29 is 9.47 Å². The summed E-state index contributed by atoms with van der Waals surface area (Å²) in [6, 6.07) is 3.67. The van der Waals surface area contributed by atoms with Crippen LogP contribution in [0.25, 0.3) is 0 Å². The van der Waals surface area contributed by atoms with Crippen LogP contribution >= 0.6 is 23.2 Å². The lowest BCUT2D eigenvalue weighted by Crippen LogP contribution is -2.02. The van der Waals surface area contributed by atoms with Crippen molar-refractivity contribution in [1.29, 1.82) is 0 Å². The van der Waals surface area contributed by atoms with Crippen LogP contribution in [0.3, 0.4) is 0 Å². The normalized spacial score (nSPS) is 10.8. The molecular weight excluding hydrogens is 271 g/mol. The molecule has 0 spiro atoms. The van der Waals surface area contributed by atoms with E-state index in [0.29, 0.717) is 34.9 Å². The highest BCUT2D eigenvalue weighted by molar-refractivity contribution is 6.32. The van der Waals surface area contributed by atoms with E-state index in [1.165, 1.54) is 0 Å². The second-order valence-electron chi connectivity index (χ2n) is 4.63. The van der Waals surface area contributed by atoms with Crippen LogP contribution in [0.4, 0.5) is 0 Å². The fraction of sp³-hybridized carbons (Fsp3) is 0.571. The highest BCUT2D eigenvalue weighted by Crippen LogP contribution is 2.36. The van der Waals surface area contributed by atoms with Gasteiger partial charge in [0.2, 0.25) is 0 Å². The van der Waals surface area contributed by atoms with Crippen LogP contribution in [0.1, 0.15) is 32.3 Å². The topological polar surface area (TPSA) is 18.5 Å². The lowest BCUT2D eigenvalue weighted by Gasteiger charge is -2.14. The highest BCUT2D eigenvalue weighted by Gasteiger charge is 2.11. The van der Waals surface area contributed by atoms with Gasteiger partial charge in [-0.05, 0) is 36.5 Å². The number of halogens is 2. The largest absolute Gasteiger partial charge is 0.493 e. The molecule has 4 heteroatoms. The van der Waals surface area contributed by atoms with Gasteiger partial charge >= 0.3 is 0 Å². The fourth-order valence-electron chi connectivity index (χ4n) is 1.66. The molecule has 0 fully saturated rings. The summed E-state index contributed by atoms with van der Waals surface area (Å²) in [5.41, 5.74) is 0.924. The zero-order chi connectivity index (χ0) is 13.5. The van der Waals surface area contributed by atoms with Crippen LogP contribution < -0.4 is 9.47 Å². The second kappa shape index (κ2) is 7.75. The SMILES string of the molecule is COc1cc(CCl)cc(Cl)c1OCCCC(C)C. The monoisotopic (exact) mass is 290 g/mol. The second-order valence-corrected chi connectivity index (χ2v) is 5.30. The maximum Gasteiger partial charge on any atom is 0.179 e. The smallest absolute Gasteiger partial charge is 0.179 e. The van der Waals surface area contributed by atoms with Crippen LogP contribution in [0, 0.1) is 5.92 Å².